The fourth-order valence-electron chi connectivity index (χ4n) is 2.46. The first-order valence-electron chi connectivity index (χ1n) is 6.64. The van der Waals surface area contributed by atoms with Crippen molar-refractivity contribution < 1.29 is 12.8 Å². The number of halogens is 1. The summed E-state index contributed by atoms with van der Waals surface area (Å²) < 4.78 is 40.2. The van der Waals surface area contributed by atoms with E-state index in [4.69, 9.17) is 0 Å². The SMILES string of the molecule is CCc1cc(F)cc2c1ccn2S(=O)(=O)c1ccccc1. The summed E-state index contributed by atoms with van der Waals surface area (Å²) in [7, 11) is -3.71. The van der Waals surface area contributed by atoms with Crippen molar-refractivity contribution >= 4 is 20.9 Å². The van der Waals surface area contributed by atoms with Crippen LogP contribution in [0, 0.1) is 5.82 Å². The summed E-state index contributed by atoms with van der Waals surface area (Å²) in [6.07, 6.45) is 2.12. The summed E-state index contributed by atoms with van der Waals surface area (Å²) >= 11 is 0. The van der Waals surface area contributed by atoms with Crippen LogP contribution < -0.4 is 0 Å². The highest BCUT2D eigenvalue weighted by atomic mass is 32.2. The maximum atomic E-state index is 13.7. The van der Waals surface area contributed by atoms with E-state index in [0.717, 1.165) is 14.9 Å². The first kappa shape index (κ1) is 13.8. The van der Waals surface area contributed by atoms with E-state index in [0.29, 0.717) is 11.9 Å². The lowest BCUT2D eigenvalue weighted by atomic mass is 10.1. The largest absolute Gasteiger partial charge is 0.268 e. The molecule has 0 aliphatic carbocycles. The first-order chi connectivity index (χ1) is 10.0. The number of rotatable bonds is 3. The Kier molecular flexibility index (Phi) is 3.29. The molecular weight excluding hydrogens is 289 g/mol. The summed E-state index contributed by atoms with van der Waals surface area (Å²) in [5, 5.41) is 0.762. The zero-order valence-electron chi connectivity index (χ0n) is 11.5. The second-order valence-corrected chi connectivity index (χ2v) is 6.60. The van der Waals surface area contributed by atoms with Crippen LogP contribution in [-0.4, -0.2) is 12.4 Å². The second-order valence-electron chi connectivity index (χ2n) is 4.78. The molecule has 0 aliphatic heterocycles. The normalized spacial score (nSPS) is 11.9. The average molecular weight is 303 g/mol. The average Bonchev–Trinajstić information content (AvgIpc) is 2.91. The fraction of sp³-hybridized carbons (Fsp3) is 0.125. The first-order valence-corrected chi connectivity index (χ1v) is 8.08. The van der Waals surface area contributed by atoms with Crippen LogP contribution in [0.4, 0.5) is 4.39 Å². The second kappa shape index (κ2) is 5.00. The fourth-order valence-corrected chi connectivity index (χ4v) is 3.82. The lowest BCUT2D eigenvalue weighted by molar-refractivity contribution is 0.589. The van der Waals surface area contributed by atoms with Gasteiger partial charge in [0.2, 0.25) is 0 Å². The van der Waals surface area contributed by atoms with Gasteiger partial charge < -0.3 is 0 Å². The molecule has 21 heavy (non-hydrogen) atoms. The Bertz CT molecular complexity index is 899. The molecule has 3 aromatic rings. The highest BCUT2D eigenvalue weighted by Gasteiger charge is 2.19. The molecule has 0 saturated heterocycles. The van der Waals surface area contributed by atoms with E-state index < -0.39 is 15.8 Å². The molecule has 1 heterocycles. The molecule has 0 unspecified atom stereocenters. The number of hydrogen-bond acceptors (Lipinski definition) is 2. The van der Waals surface area contributed by atoms with Gasteiger partial charge in [-0.15, -0.1) is 0 Å². The summed E-state index contributed by atoms with van der Waals surface area (Å²) in [5.74, 6) is -0.428. The molecule has 0 radical (unpaired) electrons. The highest BCUT2D eigenvalue weighted by molar-refractivity contribution is 7.90. The van der Waals surface area contributed by atoms with E-state index >= 15 is 0 Å². The summed E-state index contributed by atoms with van der Waals surface area (Å²) in [4.78, 5) is 0.185. The molecular formula is C16H14FNO2S. The third-order valence-electron chi connectivity index (χ3n) is 3.50. The van der Waals surface area contributed by atoms with E-state index in [-0.39, 0.29) is 4.90 Å². The van der Waals surface area contributed by atoms with Crippen molar-refractivity contribution in [2.45, 2.75) is 18.2 Å². The van der Waals surface area contributed by atoms with Gasteiger partial charge in [-0.05, 0) is 42.3 Å². The van der Waals surface area contributed by atoms with Gasteiger partial charge in [0.25, 0.3) is 10.0 Å². The Labute approximate surface area is 122 Å². The van der Waals surface area contributed by atoms with Crippen LogP contribution in [0.5, 0.6) is 0 Å². The van der Waals surface area contributed by atoms with Crippen LogP contribution in [0.15, 0.2) is 59.6 Å². The lowest BCUT2D eigenvalue weighted by Gasteiger charge is -2.08. The number of hydrogen-bond donors (Lipinski definition) is 0. The Morgan fingerprint density at radius 3 is 2.48 bits per heavy atom. The van der Waals surface area contributed by atoms with Crippen LogP contribution in [0.25, 0.3) is 10.9 Å². The molecule has 2 aromatic carbocycles. The van der Waals surface area contributed by atoms with Crippen molar-refractivity contribution in [3.63, 3.8) is 0 Å². The molecule has 0 aliphatic rings. The Morgan fingerprint density at radius 2 is 1.81 bits per heavy atom. The topological polar surface area (TPSA) is 39.1 Å². The molecule has 0 bridgehead atoms. The Balaban J connectivity index is 2.29. The highest BCUT2D eigenvalue weighted by Crippen LogP contribution is 2.26. The van der Waals surface area contributed by atoms with Crippen LogP contribution in [0.2, 0.25) is 0 Å². The van der Waals surface area contributed by atoms with Crippen LogP contribution in [0.1, 0.15) is 12.5 Å². The lowest BCUT2D eigenvalue weighted by Crippen LogP contribution is -2.11. The van der Waals surface area contributed by atoms with Crippen LogP contribution >= 0.6 is 0 Å². The van der Waals surface area contributed by atoms with E-state index in [2.05, 4.69) is 0 Å². The van der Waals surface area contributed by atoms with Gasteiger partial charge in [-0.2, -0.15) is 0 Å². The van der Waals surface area contributed by atoms with Gasteiger partial charge in [-0.1, -0.05) is 25.1 Å². The van der Waals surface area contributed by atoms with Gasteiger partial charge in [0.1, 0.15) is 5.82 Å². The smallest absolute Gasteiger partial charge is 0.241 e. The summed E-state index contributed by atoms with van der Waals surface area (Å²) in [6, 6.07) is 12.6. The van der Waals surface area contributed by atoms with Crippen molar-refractivity contribution in [2.24, 2.45) is 0 Å². The summed E-state index contributed by atoms with van der Waals surface area (Å²) in [6.45, 7) is 1.91. The monoisotopic (exact) mass is 303 g/mol. The summed E-state index contributed by atoms with van der Waals surface area (Å²) in [5.41, 5.74) is 1.17. The zero-order valence-corrected chi connectivity index (χ0v) is 12.3. The zero-order chi connectivity index (χ0) is 15.0. The van der Waals surface area contributed by atoms with E-state index in [1.807, 2.05) is 6.92 Å². The van der Waals surface area contributed by atoms with Crippen molar-refractivity contribution in [1.29, 1.82) is 0 Å². The molecule has 0 fully saturated rings. The van der Waals surface area contributed by atoms with Crippen molar-refractivity contribution in [1.82, 2.24) is 3.97 Å². The van der Waals surface area contributed by atoms with Crippen molar-refractivity contribution in [3.05, 3.63) is 66.1 Å². The predicted octanol–water partition coefficient (Wildman–Crippen LogP) is 3.58. The van der Waals surface area contributed by atoms with E-state index in [9.17, 15) is 12.8 Å². The van der Waals surface area contributed by atoms with Crippen LogP contribution in [-0.2, 0) is 16.4 Å². The molecule has 1 aromatic heterocycles. The van der Waals surface area contributed by atoms with E-state index in [1.54, 1.807) is 24.3 Å². The molecule has 3 nitrogen and oxygen atoms in total. The maximum Gasteiger partial charge on any atom is 0.268 e. The molecule has 108 valence electrons. The quantitative estimate of drug-likeness (QED) is 0.742. The third kappa shape index (κ3) is 2.23. The standard InChI is InChI=1S/C16H14FNO2S/c1-2-12-10-13(17)11-16-15(12)8-9-18(16)21(19,20)14-6-4-3-5-7-14/h3-11H,2H2,1H3. The van der Waals surface area contributed by atoms with Gasteiger partial charge in [0.05, 0.1) is 10.4 Å². The predicted molar refractivity (Wildman–Crippen MR) is 80.3 cm³/mol. The molecule has 3 rings (SSSR count). The number of aromatic nitrogens is 1. The molecule has 0 saturated carbocycles. The molecule has 5 heteroatoms. The number of aryl methyl sites for hydroxylation is 1. The van der Waals surface area contributed by atoms with Gasteiger partial charge in [-0.3, -0.25) is 0 Å². The Morgan fingerprint density at radius 1 is 1.10 bits per heavy atom. The molecule has 0 N–H and O–H groups in total. The van der Waals surface area contributed by atoms with Gasteiger partial charge in [0, 0.05) is 11.6 Å². The van der Waals surface area contributed by atoms with Crippen molar-refractivity contribution in [2.75, 3.05) is 0 Å². The van der Waals surface area contributed by atoms with Gasteiger partial charge in [0.15, 0.2) is 0 Å². The minimum Gasteiger partial charge on any atom is -0.241 e. The van der Waals surface area contributed by atoms with Gasteiger partial charge >= 0.3 is 0 Å². The minimum atomic E-state index is -3.71. The molecule has 0 amide bonds. The molecule has 0 atom stereocenters. The van der Waals surface area contributed by atoms with E-state index in [1.165, 1.54) is 30.5 Å². The number of benzene rings is 2. The Hall–Kier alpha value is -2.14. The minimum absolute atomic E-state index is 0.185. The van der Waals surface area contributed by atoms with Crippen LogP contribution in [0.3, 0.4) is 0 Å². The van der Waals surface area contributed by atoms with Gasteiger partial charge in [-0.25, -0.2) is 16.8 Å². The molecule has 0 spiro atoms. The number of nitrogens with zero attached hydrogens (tertiary/aromatic N) is 1. The third-order valence-corrected chi connectivity index (χ3v) is 5.21. The number of fused-ring (bicyclic) bond motifs is 1. The maximum absolute atomic E-state index is 13.7. The van der Waals surface area contributed by atoms with Crippen molar-refractivity contribution in [3.8, 4) is 0 Å².